The number of thioether (sulfide) groups is 1. The Morgan fingerprint density at radius 1 is 1.42 bits per heavy atom. The van der Waals surface area contributed by atoms with Gasteiger partial charge in [-0.05, 0) is 32.9 Å². The molecule has 0 amide bonds. The normalized spacial score (nSPS) is 13.8. The summed E-state index contributed by atoms with van der Waals surface area (Å²) in [6.45, 7) is 1.87. The summed E-state index contributed by atoms with van der Waals surface area (Å²) >= 11 is 1.63. The van der Waals surface area contributed by atoms with Crippen LogP contribution in [0.4, 0.5) is 0 Å². The van der Waals surface area contributed by atoms with Crippen LogP contribution in [-0.4, -0.2) is 41.4 Å². The van der Waals surface area contributed by atoms with Gasteiger partial charge in [-0.1, -0.05) is 18.2 Å². The largest absolute Gasteiger partial charge is 0.468 e. The molecule has 0 saturated carbocycles. The smallest absolute Gasteiger partial charge is 0.325 e. The molecule has 0 aromatic carbocycles. The van der Waals surface area contributed by atoms with E-state index in [1.54, 1.807) is 37.3 Å². The summed E-state index contributed by atoms with van der Waals surface area (Å²) < 4.78 is 4.81. The predicted octanol–water partition coefficient (Wildman–Crippen LogP) is 1.89. The molecule has 0 spiro atoms. The molecule has 0 aliphatic carbocycles. The lowest BCUT2D eigenvalue weighted by Crippen LogP contribution is -2.48. The highest BCUT2D eigenvalue weighted by Gasteiger charge is 2.31. The van der Waals surface area contributed by atoms with Gasteiger partial charge in [0, 0.05) is 18.1 Å². The van der Waals surface area contributed by atoms with E-state index in [-0.39, 0.29) is 5.97 Å². The Labute approximate surface area is 118 Å². The third-order valence-corrected chi connectivity index (χ3v) is 3.99. The molecule has 1 unspecified atom stereocenters. The molecule has 1 heterocycles. The molecule has 1 atom stereocenters. The molecule has 5 nitrogen and oxygen atoms in total. The van der Waals surface area contributed by atoms with Crippen molar-refractivity contribution < 1.29 is 9.53 Å². The van der Waals surface area contributed by atoms with Crippen molar-refractivity contribution in [2.45, 2.75) is 36.9 Å². The predicted molar refractivity (Wildman–Crippen MR) is 76.1 cm³/mol. The molecule has 1 aromatic heterocycles. The maximum Gasteiger partial charge on any atom is 0.325 e. The number of rotatable bonds is 8. The highest BCUT2D eigenvalue weighted by Crippen LogP contribution is 2.18. The summed E-state index contributed by atoms with van der Waals surface area (Å²) in [6, 6.07) is 1.80. The van der Waals surface area contributed by atoms with Crippen LogP contribution in [0.25, 0.3) is 0 Å². The lowest BCUT2D eigenvalue weighted by atomic mass is 9.95. The van der Waals surface area contributed by atoms with E-state index in [9.17, 15) is 4.79 Å². The van der Waals surface area contributed by atoms with Gasteiger partial charge in [0.2, 0.25) is 0 Å². The standard InChI is InChI=1S/C13H21N3O2S/c1-13(14-2,11(17)18-3)7-4-5-10-19-12-15-8-6-9-16-12/h6,8-9,14H,4-5,7,10H2,1-3H3. The second-order valence-electron chi connectivity index (χ2n) is 4.41. The van der Waals surface area contributed by atoms with E-state index in [1.165, 1.54) is 7.11 Å². The average molecular weight is 283 g/mol. The minimum absolute atomic E-state index is 0.214. The Balaban J connectivity index is 2.25. The zero-order valence-corrected chi connectivity index (χ0v) is 12.5. The van der Waals surface area contributed by atoms with Crippen molar-refractivity contribution in [3.63, 3.8) is 0 Å². The molecule has 0 aliphatic heterocycles. The van der Waals surface area contributed by atoms with Crippen LogP contribution in [0, 0.1) is 0 Å². The highest BCUT2D eigenvalue weighted by molar-refractivity contribution is 7.99. The second-order valence-corrected chi connectivity index (χ2v) is 5.47. The number of ether oxygens (including phenoxy) is 1. The number of nitrogens with zero attached hydrogens (tertiary/aromatic N) is 2. The van der Waals surface area contributed by atoms with Crippen molar-refractivity contribution in [3.05, 3.63) is 18.5 Å². The molecule has 1 N–H and O–H groups in total. The van der Waals surface area contributed by atoms with Crippen molar-refractivity contribution in [3.8, 4) is 0 Å². The van der Waals surface area contributed by atoms with Crippen LogP contribution in [0.5, 0.6) is 0 Å². The number of unbranched alkanes of at least 4 members (excludes halogenated alkanes) is 1. The first kappa shape index (κ1) is 15.9. The maximum absolute atomic E-state index is 11.6. The van der Waals surface area contributed by atoms with Gasteiger partial charge in [-0.25, -0.2) is 9.97 Å². The van der Waals surface area contributed by atoms with Crippen LogP contribution in [0.3, 0.4) is 0 Å². The van der Waals surface area contributed by atoms with Crippen LogP contribution < -0.4 is 5.32 Å². The van der Waals surface area contributed by atoms with Gasteiger partial charge in [-0.2, -0.15) is 0 Å². The molecular formula is C13H21N3O2S. The third kappa shape index (κ3) is 5.16. The van der Waals surface area contributed by atoms with Gasteiger partial charge in [-0.3, -0.25) is 4.79 Å². The number of likely N-dealkylation sites (N-methyl/N-ethyl adjacent to an activating group) is 1. The van der Waals surface area contributed by atoms with E-state index in [0.717, 1.165) is 30.2 Å². The fraction of sp³-hybridized carbons (Fsp3) is 0.615. The van der Waals surface area contributed by atoms with Crippen molar-refractivity contribution in [1.29, 1.82) is 0 Å². The summed E-state index contributed by atoms with van der Waals surface area (Å²) in [5, 5.41) is 3.83. The molecule has 106 valence electrons. The van der Waals surface area contributed by atoms with Crippen LogP contribution in [-0.2, 0) is 9.53 Å². The van der Waals surface area contributed by atoms with Gasteiger partial charge in [0.05, 0.1) is 7.11 Å². The van der Waals surface area contributed by atoms with E-state index >= 15 is 0 Å². The topological polar surface area (TPSA) is 64.1 Å². The van der Waals surface area contributed by atoms with Gasteiger partial charge in [-0.15, -0.1) is 0 Å². The zero-order valence-electron chi connectivity index (χ0n) is 11.7. The van der Waals surface area contributed by atoms with Gasteiger partial charge in [0.15, 0.2) is 5.16 Å². The number of methoxy groups -OCH3 is 1. The Bertz CT molecular complexity index is 389. The Morgan fingerprint density at radius 3 is 2.68 bits per heavy atom. The molecule has 0 bridgehead atoms. The monoisotopic (exact) mass is 283 g/mol. The molecule has 19 heavy (non-hydrogen) atoms. The average Bonchev–Trinajstić information content (AvgIpc) is 2.46. The van der Waals surface area contributed by atoms with Crippen molar-refractivity contribution in [2.24, 2.45) is 0 Å². The minimum Gasteiger partial charge on any atom is -0.468 e. The van der Waals surface area contributed by atoms with E-state index in [1.807, 2.05) is 6.92 Å². The van der Waals surface area contributed by atoms with Gasteiger partial charge >= 0.3 is 5.97 Å². The SMILES string of the molecule is CNC(C)(CCCCSc1ncccn1)C(=O)OC. The van der Waals surface area contributed by atoms with Crippen molar-refractivity contribution in [2.75, 3.05) is 19.9 Å². The van der Waals surface area contributed by atoms with Crippen LogP contribution >= 0.6 is 11.8 Å². The Hall–Kier alpha value is -1.14. The minimum atomic E-state index is -0.595. The first-order valence-corrected chi connectivity index (χ1v) is 7.28. The number of nitrogens with one attached hydrogen (secondary N) is 1. The number of aromatic nitrogens is 2. The van der Waals surface area contributed by atoms with Crippen LogP contribution in [0.2, 0.25) is 0 Å². The van der Waals surface area contributed by atoms with Crippen LogP contribution in [0.15, 0.2) is 23.6 Å². The molecule has 1 aromatic rings. The Morgan fingerprint density at radius 2 is 2.11 bits per heavy atom. The first-order chi connectivity index (χ1) is 9.12. The van der Waals surface area contributed by atoms with Gasteiger partial charge in [0.1, 0.15) is 5.54 Å². The number of hydrogen-bond acceptors (Lipinski definition) is 6. The number of hydrogen-bond donors (Lipinski definition) is 1. The summed E-state index contributed by atoms with van der Waals surface area (Å²) in [4.78, 5) is 19.9. The van der Waals surface area contributed by atoms with Crippen molar-refractivity contribution in [1.82, 2.24) is 15.3 Å². The molecule has 6 heteroatoms. The summed E-state index contributed by atoms with van der Waals surface area (Å²) in [5.41, 5.74) is -0.595. The van der Waals surface area contributed by atoms with E-state index < -0.39 is 5.54 Å². The Kier molecular flexibility index (Phi) is 6.80. The lowest BCUT2D eigenvalue weighted by Gasteiger charge is -2.25. The van der Waals surface area contributed by atoms with E-state index in [2.05, 4.69) is 15.3 Å². The molecule has 0 aliphatic rings. The van der Waals surface area contributed by atoms with Gasteiger partial charge < -0.3 is 10.1 Å². The summed E-state index contributed by atoms with van der Waals surface area (Å²) in [5.74, 6) is 0.736. The van der Waals surface area contributed by atoms with Crippen molar-refractivity contribution >= 4 is 17.7 Å². The summed E-state index contributed by atoms with van der Waals surface area (Å²) in [6.07, 6.45) is 6.20. The van der Waals surface area contributed by atoms with Crippen LogP contribution in [0.1, 0.15) is 26.2 Å². The van der Waals surface area contributed by atoms with Gasteiger partial charge in [0.25, 0.3) is 0 Å². The fourth-order valence-electron chi connectivity index (χ4n) is 1.66. The zero-order chi connectivity index (χ0) is 14.1. The number of carbonyl (C=O) groups is 1. The number of carbonyl (C=O) groups excluding carboxylic acids is 1. The lowest BCUT2D eigenvalue weighted by molar-refractivity contribution is -0.148. The molecule has 0 saturated heterocycles. The quantitative estimate of drug-likeness (QED) is 0.340. The second kappa shape index (κ2) is 8.12. The number of esters is 1. The maximum atomic E-state index is 11.6. The van der Waals surface area contributed by atoms with E-state index in [0.29, 0.717) is 0 Å². The molecule has 1 rings (SSSR count). The third-order valence-electron chi connectivity index (χ3n) is 3.03. The molecule has 0 radical (unpaired) electrons. The fourth-order valence-corrected chi connectivity index (χ4v) is 2.46. The summed E-state index contributed by atoms with van der Waals surface area (Å²) in [7, 11) is 3.20. The highest BCUT2D eigenvalue weighted by atomic mass is 32.2. The molecular weight excluding hydrogens is 262 g/mol. The van der Waals surface area contributed by atoms with E-state index in [4.69, 9.17) is 4.74 Å². The molecule has 0 fully saturated rings. The first-order valence-electron chi connectivity index (χ1n) is 6.29.